The summed E-state index contributed by atoms with van der Waals surface area (Å²) in [5.41, 5.74) is 0. The van der Waals surface area contributed by atoms with Gasteiger partial charge in [-0.15, -0.1) is 0 Å². The van der Waals surface area contributed by atoms with Crippen LogP contribution in [-0.4, -0.2) is 59.9 Å². The number of carboxylic acid groups (broad SMARTS) is 1. The molecule has 0 aliphatic carbocycles. The van der Waals surface area contributed by atoms with Crippen molar-refractivity contribution in [2.45, 2.75) is 0 Å². The maximum absolute atomic E-state index is 11.2. The van der Waals surface area contributed by atoms with E-state index in [1.54, 1.807) is 0 Å². The van der Waals surface area contributed by atoms with E-state index in [2.05, 4.69) is 4.74 Å². The lowest BCUT2D eigenvalue weighted by atomic mass is 10.0. The van der Waals surface area contributed by atoms with Crippen LogP contribution in [-0.2, 0) is 14.3 Å². The van der Waals surface area contributed by atoms with Crippen molar-refractivity contribution in [3.63, 3.8) is 0 Å². The summed E-state index contributed by atoms with van der Waals surface area (Å²) in [5.74, 6) is -1.15. The minimum Gasteiger partial charge on any atom is -0.480 e. The fraction of sp³-hybridized carbons (Fsp3) is 0.750. The topological polar surface area (TPSA) is 87.1 Å². The summed E-state index contributed by atoms with van der Waals surface area (Å²) in [4.78, 5) is 22.8. The zero-order valence-corrected chi connectivity index (χ0v) is 7.68. The number of carbonyl (C=O) groups excluding carboxylic acids is 1. The van der Waals surface area contributed by atoms with Crippen LogP contribution >= 0.6 is 0 Å². The van der Waals surface area contributed by atoms with Crippen LogP contribution in [0.5, 0.6) is 0 Å². The second-order valence-corrected chi connectivity index (χ2v) is 3.23. The van der Waals surface area contributed by atoms with Crippen LogP contribution in [0.1, 0.15) is 0 Å². The molecule has 0 atom stereocenters. The van der Waals surface area contributed by atoms with E-state index in [0.717, 1.165) is 0 Å². The van der Waals surface area contributed by atoms with Gasteiger partial charge < -0.3 is 19.8 Å². The number of rotatable bonds is 5. The second-order valence-electron chi connectivity index (χ2n) is 3.23. The highest BCUT2D eigenvalue weighted by atomic mass is 16.5. The molecule has 0 spiro atoms. The van der Waals surface area contributed by atoms with E-state index < -0.39 is 12.6 Å². The van der Waals surface area contributed by atoms with Gasteiger partial charge in [0.15, 0.2) is 0 Å². The molecule has 0 radical (unpaired) electrons. The number of hydrogen-bond acceptors (Lipinski definition) is 4. The second kappa shape index (κ2) is 4.92. The Morgan fingerprint density at radius 3 is 2.50 bits per heavy atom. The van der Waals surface area contributed by atoms with Crippen molar-refractivity contribution >= 4 is 11.9 Å². The molecule has 0 aromatic carbocycles. The van der Waals surface area contributed by atoms with E-state index in [1.165, 1.54) is 4.90 Å². The molecule has 1 aliphatic heterocycles. The first-order valence-electron chi connectivity index (χ1n) is 4.31. The monoisotopic (exact) mass is 203 g/mol. The van der Waals surface area contributed by atoms with Crippen LogP contribution in [0.25, 0.3) is 0 Å². The molecule has 80 valence electrons. The van der Waals surface area contributed by atoms with Gasteiger partial charge in [-0.3, -0.25) is 4.79 Å². The SMILES string of the molecule is O=C(O)COCC(=O)N1CC(CO)C1. The Balaban J connectivity index is 2.09. The summed E-state index contributed by atoms with van der Waals surface area (Å²) in [5, 5.41) is 16.9. The predicted octanol–water partition coefficient (Wildman–Crippen LogP) is -1.46. The van der Waals surface area contributed by atoms with Crippen molar-refractivity contribution in [3.05, 3.63) is 0 Å². The summed E-state index contributed by atoms with van der Waals surface area (Å²) in [6, 6.07) is 0. The molecule has 6 nitrogen and oxygen atoms in total. The molecule has 0 saturated carbocycles. The normalized spacial score (nSPS) is 16.5. The van der Waals surface area contributed by atoms with Crippen molar-refractivity contribution < 1.29 is 24.5 Å². The third-order valence-electron chi connectivity index (χ3n) is 2.02. The summed E-state index contributed by atoms with van der Waals surface area (Å²) in [7, 11) is 0. The summed E-state index contributed by atoms with van der Waals surface area (Å²) in [6.07, 6.45) is 0. The fourth-order valence-electron chi connectivity index (χ4n) is 1.21. The van der Waals surface area contributed by atoms with Crippen LogP contribution in [0.3, 0.4) is 0 Å². The van der Waals surface area contributed by atoms with Gasteiger partial charge in [0.2, 0.25) is 5.91 Å². The molecule has 14 heavy (non-hydrogen) atoms. The van der Waals surface area contributed by atoms with Crippen molar-refractivity contribution in [2.24, 2.45) is 5.92 Å². The molecule has 0 bridgehead atoms. The number of carbonyl (C=O) groups is 2. The van der Waals surface area contributed by atoms with E-state index in [-0.39, 0.29) is 25.0 Å². The highest BCUT2D eigenvalue weighted by Crippen LogP contribution is 2.14. The molecule has 0 unspecified atom stereocenters. The first kappa shape index (κ1) is 10.9. The molecule has 1 aliphatic rings. The molecular formula is C8H13NO5. The van der Waals surface area contributed by atoms with E-state index in [1.807, 2.05) is 0 Å². The molecule has 1 fully saturated rings. The number of likely N-dealkylation sites (tertiary alicyclic amines) is 1. The zero-order chi connectivity index (χ0) is 10.6. The molecule has 1 heterocycles. The maximum atomic E-state index is 11.2. The number of ether oxygens (including phenoxy) is 1. The van der Waals surface area contributed by atoms with Gasteiger partial charge in [-0.2, -0.15) is 0 Å². The molecule has 0 aromatic rings. The molecule has 0 aromatic heterocycles. The number of aliphatic carboxylic acids is 1. The first-order chi connectivity index (χ1) is 6.63. The van der Waals surface area contributed by atoms with Gasteiger partial charge in [-0.1, -0.05) is 0 Å². The zero-order valence-electron chi connectivity index (χ0n) is 7.68. The van der Waals surface area contributed by atoms with Gasteiger partial charge in [0, 0.05) is 25.6 Å². The molecular weight excluding hydrogens is 190 g/mol. The lowest BCUT2D eigenvalue weighted by Gasteiger charge is -2.38. The fourth-order valence-corrected chi connectivity index (χ4v) is 1.21. The summed E-state index contributed by atoms with van der Waals surface area (Å²) >= 11 is 0. The average molecular weight is 203 g/mol. The number of aliphatic hydroxyl groups is 1. The third kappa shape index (κ3) is 2.97. The summed E-state index contributed by atoms with van der Waals surface area (Å²) in [6.45, 7) is 0.491. The Bertz CT molecular complexity index is 224. The van der Waals surface area contributed by atoms with Gasteiger partial charge in [-0.05, 0) is 0 Å². The first-order valence-corrected chi connectivity index (χ1v) is 4.31. The van der Waals surface area contributed by atoms with Crippen LogP contribution in [0, 0.1) is 5.92 Å². The number of nitrogens with zero attached hydrogens (tertiary/aromatic N) is 1. The number of carboxylic acids is 1. The quantitative estimate of drug-likeness (QED) is 0.570. The van der Waals surface area contributed by atoms with Crippen molar-refractivity contribution in [1.29, 1.82) is 0 Å². The Hall–Kier alpha value is -1.14. The Morgan fingerprint density at radius 1 is 1.36 bits per heavy atom. The predicted molar refractivity (Wildman–Crippen MR) is 45.6 cm³/mol. The van der Waals surface area contributed by atoms with Gasteiger partial charge in [0.1, 0.15) is 13.2 Å². The van der Waals surface area contributed by atoms with Crippen molar-refractivity contribution in [3.8, 4) is 0 Å². The van der Waals surface area contributed by atoms with E-state index in [9.17, 15) is 9.59 Å². The minimum absolute atomic E-state index is 0.0831. The van der Waals surface area contributed by atoms with Crippen LogP contribution in [0.2, 0.25) is 0 Å². The van der Waals surface area contributed by atoms with Gasteiger partial charge >= 0.3 is 5.97 Å². The van der Waals surface area contributed by atoms with Gasteiger partial charge in [0.25, 0.3) is 0 Å². The highest BCUT2D eigenvalue weighted by molar-refractivity contribution is 5.78. The molecule has 6 heteroatoms. The lowest BCUT2D eigenvalue weighted by Crippen LogP contribution is -2.52. The average Bonchev–Trinajstić information content (AvgIpc) is 2.01. The lowest BCUT2D eigenvalue weighted by molar-refractivity contribution is -0.149. The van der Waals surface area contributed by atoms with Crippen molar-refractivity contribution in [2.75, 3.05) is 32.9 Å². The maximum Gasteiger partial charge on any atom is 0.329 e. The number of amides is 1. The van der Waals surface area contributed by atoms with Gasteiger partial charge in [-0.25, -0.2) is 4.79 Å². The van der Waals surface area contributed by atoms with Crippen LogP contribution in [0.15, 0.2) is 0 Å². The minimum atomic E-state index is -1.09. The number of aliphatic hydroxyl groups excluding tert-OH is 1. The van der Waals surface area contributed by atoms with E-state index in [4.69, 9.17) is 10.2 Å². The van der Waals surface area contributed by atoms with Gasteiger partial charge in [0.05, 0.1) is 0 Å². The summed E-state index contributed by atoms with van der Waals surface area (Å²) < 4.78 is 4.63. The molecule has 2 N–H and O–H groups in total. The highest BCUT2D eigenvalue weighted by Gasteiger charge is 2.29. The van der Waals surface area contributed by atoms with E-state index in [0.29, 0.717) is 13.1 Å². The Morgan fingerprint density at radius 2 is 2.00 bits per heavy atom. The smallest absolute Gasteiger partial charge is 0.329 e. The molecule has 1 saturated heterocycles. The van der Waals surface area contributed by atoms with Crippen LogP contribution < -0.4 is 0 Å². The Labute approximate surface area is 81.1 Å². The van der Waals surface area contributed by atoms with Crippen molar-refractivity contribution in [1.82, 2.24) is 4.90 Å². The van der Waals surface area contributed by atoms with Crippen LogP contribution in [0.4, 0.5) is 0 Å². The molecule has 1 amide bonds. The Kier molecular flexibility index (Phi) is 3.84. The third-order valence-corrected chi connectivity index (χ3v) is 2.02. The molecule has 1 rings (SSSR count). The largest absolute Gasteiger partial charge is 0.480 e. The number of hydrogen-bond donors (Lipinski definition) is 2. The standard InChI is InChI=1S/C8H13NO5/c10-3-6-1-9(2-6)7(11)4-14-5-8(12)13/h6,10H,1-5H2,(H,12,13). The van der Waals surface area contributed by atoms with E-state index >= 15 is 0 Å².